The molecular formula is C20H16N2O6. The van der Waals surface area contributed by atoms with Crippen molar-refractivity contribution >= 4 is 17.5 Å². The van der Waals surface area contributed by atoms with Gasteiger partial charge in [-0.1, -0.05) is 5.16 Å². The first-order valence-electron chi connectivity index (χ1n) is 8.18. The fraction of sp³-hybridized carbons (Fsp3) is 0.100. The molecule has 0 saturated carbocycles. The number of rotatable bonds is 7. The highest BCUT2D eigenvalue weighted by molar-refractivity contribution is 6.07. The van der Waals surface area contributed by atoms with E-state index in [1.54, 1.807) is 25.3 Å². The number of nitro benzene ring substituents is 1. The van der Waals surface area contributed by atoms with Crippen molar-refractivity contribution in [2.24, 2.45) is 0 Å². The van der Waals surface area contributed by atoms with Gasteiger partial charge in [-0.2, -0.15) is 0 Å². The summed E-state index contributed by atoms with van der Waals surface area (Å²) in [6.45, 7) is 0. The van der Waals surface area contributed by atoms with Gasteiger partial charge in [-0.3, -0.25) is 14.9 Å². The van der Waals surface area contributed by atoms with Crippen molar-refractivity contribution in [2.75, 3.05) is 14.2 Å². The van der Waals surface area contributed by atoms with Crippen molar-refractivity contribution in [1.82, 2.24) is 5.16 Å². The Labute approximate surface area is 160 Å². The number of ether oxygens (including phenoxy) is 2. The highest BCUT2D eigenvalue weighted by Crippen LogP contribution is 2.32. The number of nitrogens with zero attached hydrogens (tertiary/aromatic N) is 2. The third-order valence-corrected chi connectivity index (χ3v) is 4.01. The van der Waals surface area contributed by atoms with Crippen LogP contribution in [0.4, 0.5) is 5.69 Å². The van der Waals surface area contributed by atoms with Gasteiger partial charge in [-0.25, -0.2) is 0 Å². The third kappa shape index (κ3) is 3.90. The molecule has 0 aliphatic heterocycles. The highest BCUT2D eigenvalue weighted by Gasteiger charge is 2.17. The molecule has 3 rings (SSSR count). The number of allylic oxidation sites excluding steroid dienone is 1. The summed E-state index contributed by atoms with van der Waals surface area (Å²) < 4.78 is 15.5. The first-order chi connectivity index (χ1) is 13.5. The molecule has 0 N–H and O–H groups in total. The number of non-ortho nitro benzene ring substituents is 1. The molecule has 0 saturated heterocycles. The van der Waals surface area contributed by atoms with Crippen LogP contribution in [0.3, 0.4) is 0 Å². The Bertz CT molecular complexity index is 1020. The molecule has 1 aromatic heterocycles. The lowest BCUT2D eigenvalue weighted by molar-refractivity contribution is -0.384. The van der Waals surface area contributed by atoms with Crippen LogP contribution in [-0.4, -0.2) is 30.1 Å². The van der Waals surface area contributed by atoms with Crippen molar-refractivity contribution in [3.63, 3.8) is 0 Å². The van der Waals surface area contributed by atoms with Crippen LogP contribution in [0.1, 0.15) is 15.9 Å². The van der Waals surface area contributed by atoms with E-state index in [1.807, 2.05) is 12.1 Å². The number of aromatic nitrogens is 1. The standard InChI is InChI=1S/C20H16N2O6/c1-26-16-9-5-14(6-10-16)19-17(20(27-2)28-21-19)11-12-18(23)13-3-7-15(8-4-13)22(24)25/h3-12H,1-2H3/b12-11-. The number of hydrogen-bond acceptors (Lipinski definition) is 7. The van der Waals surface area contributed by atoms with Crippen LogP contribution in [0.15, 0.2) is 59.1 Å². The molecule has 0 radical (unpaired) electrons. The van der Waals surface area contributed by atoms with E-state index < -0.39 is 4.92 Å². The average Bonchev–Trinajstić information content (AvgIpc) is 3.15. The van der Waals surface area contributed by atoms with Gasteiger partial charge < -0.3 is 14.0 Å². The van der Waals surface area contributed by atoms with Crippen LogP contribution < -0.4 is 9.47 Å². The summed E-state index contributed by atoms with van der Waals surface area (Å²) in [5.41, 5.74) is 2.01. The zero-order valence-electron chi connectivity index (χ0n) is 15.1. The highest BCUT2D eigenvalue weighted by atomic mass is 16.6. The number of ketones is 1. The van der Waals surface area contributed by atoms with E-state index in [2.05, 4.69) is 5.16 Å². The van der Waals surface area contributed by atoms with Crippen LogP contribution in [0.5, 0.6) is 11.7 Å². The minimum Gasteiger partial charge on any atom is -0.497 e. The predicted molar refractivity (Wildman–Crippen MR) is 102 cm³/mol. The lowest BCUT2D eigenvalue weighted by atomic mass is 10.1. The van der Waals surface area contributed by atoms with Crippen LogP contribution in [-0.2, 0) is 0 Å². The van der Waals surface area contributed by atoms with E-state index in [0.717, 1.165) is 5.56 Å². The first kappa shape index (κ1) is 18.8. The van der Waals surface area contributed by atoms with Crippen LogP contribution in [0.2, 0.25) is 0 Å². The summed E-state index contributed by atoms with van der Waals surface area (Å²) in [6.07, 6.45) is 2.88. The van der Waals surface area contributed by atoms with Gasteiger partial charge in [0.15, 0.2) is 5.78 Å². The van der Waals surface area contributed by atoms with Crippen LogP contribution in [0.25, 0.3) is 17.3 Å². The molecule has 0 bridgehead atoms. The maximum Gasteiger partial charge on any atom is 0.318 e. The molecule has 0 unspecified atom stereocenters. The molecule has 0 amide bonds. The number of methoxy groups -OCH3 is 2. The van der Waals surface area contributed by atoms with Crippen molar-refractivity contribution in [3.05, 3.63) is 75.8 Å². The summed E-state index contributed by atoms with van der Waals surface area (Å²) in [4.78, 5) is 22.6. The monoisotopic (exact) mass is 380 g/mol. The maximum absolute atomic E-state index is 12.4. The molecule has 0 spiro atoms. The SMILES string of the molecule is COc1ccc(-c2noc(OC)c2/C=C\C(=O)c2ccc([N+](=O)[O-])cc2)cc1. The zero-order chi connectivity index (χ0) is 20.1. The maximum atomic E-state index is 12.4. The molecule has 0 aliphatic carbocycles. The Morgan fingerprint density at radius 1 is 1.07 bits per heavy atom. The Balaban J connectivity index is 1.89. The number of hydrogen-bond donors (Lipinski definition) is 0. The van der Waals surface area contributed by atoms with Crippen molar-refractivity contribution in [3.8, 4) is 23.0 Å². The summed E-state index contributed by atoms with van der Waals surface area (Å²) in [7, 11) is 3.01. The van der Waals surface area contributed by atoms with Gasteiger partial charge in [0.2, 0.25) is 0 Å². The molecule has 0 atom stereocenters. The van der Waals surface area contributed by atoms with E-state index in [9.17, 15) is 14.9 Å². The number of nitro groups is 1. The molecule has 8 heteroatoms. The number of benzene rings is 2. The lowest BCUT2D eigenvalue weighted by Gasteiger charge is -2.02. The second-order valence-electron chi connectivity index (χ2n) is 5.67. The second kappa shape index (κ2) is 8.17. The van der Waals surface area contributed by atoms with E-state index in [1.165, 1.54) is 37.5 Å². The quantitative estimate of drug-likeness (QED) is 0.262. The minimum atomic E-state index is -0.521. The van der Waals surface area contributed by atoms with Gasteiger partial charge >= 0.3 is 5.95 Å². The second-order valence-corrected chi connectivity index (χ2v) is 5.67. The molecule has 3 aromatic rings. The first-order valence-corrected chi connectivity index (χ1v) is 8.18. The van der Waals surface area contributed by atoms with Crippen molar-refractivity contribution < 1.29 is 23.7 Å². The molecule has 142 valence electrons. The molecule has 2 aromatic carbocycles. The van der Waals surface area contributed by atoms with Gasteiger partial charge in [0.25, 0.3) is 5.69 Å². The molecule has 1 heterocycles. The van der Waals surface area contributed by atoms with Gasteiger partial charge in [0.1, 0.15) is 11.4 Å². The summed E-state index contributed by atoms with van der Waals surface area (Å²) in [5.74, 6) is 0.544. The Hall–Kier alpha value is -3.94. The molecule has 28 heavy (non-hydrogen) atoms. The average molecular weight is 380 g/mol. The van der Waals surface area contributed by atoms with Gasteiger partial charge in [-0.15, -0.1) is 0 Å². The largest absolute Gasteiger partial charge is 0.497 e. The van der Waals surface area contributed by atoms with Gasteiger partial charge in [-0.05, 0) is 48.6 Å². The Morgan fingerprint density at radius 3 is 2.32 bits per heavy atom. The van der Waals surface area contributed by atoms with E-state index >= 15 is 0 Å². The molecular weight excluding hydrogens is 364 g/mol. The lowest BCUT2D eigenvalue weighted by Crippen LogP contribution is -1.95. The number of carbonyl (C=O) groups is 1. The zero-order valence-corrected chi connectivity index (χ0v) is 15.1. The summed E-state index contributed by atoms with van der Waals surface area (Å²) >= 11 is 0. The summed E-state index contributed by atoms with van der Waals surface area (Å²) in [5, 5.41) is 14.7. The normalized spacial score (nSPS) is 10.8. The fourth-order valence-electron chi connectivity index (χ4n) is 2.54. The van der Waals surface area contributed by atoms with E-state index in [4.69, 9.17) is 14.0 Å². The topological polar surface area (TPSA) is 105 Å². The molecule has 0 aliphatic rings. The van der Waals surface area contributed by atoms with E-state index in [0.29, 0.717) is 22.6 Å². The molecule has 8 nitrogen and oxygen atoms in total. The Morgan fingerprint density at radius 2 is 1.75 bits per heavy atom. The number of carbonyl (C=O) groups excluding carboxylic acids is 1. The van der Waals surface area contributed by atoms with Crippen molar-refractivity contribution in [2.45, 2.75) is 0 Å². The summed E-state index contributed by atoms with van der Waals surface area (Å²) in [6, 6.07) is 12.6. The smallest absolute Gasteiger partial charge is 0.318 e. The predicted octanol–water partition coefficient (Wildman–Crippen LogP) is 4.16. The van der Waals surface area contributed by atoms with Crippen LogP contribution in [0, 0.1) is 10.1 Å². The van der Waals surface area contributed by atoms with Gasteiger partial charge in [0.05, 0.1) is 24.7 Å². The van der Waals surface area contributed by atoms with Gasteiger partial charge in [0, 0.05) is 23.3 Å². The van der Waals surface area contributed by atoms with E-state index in [-0.39, 0.29) is 17.4 Å². The Kier molecular flexibility index (Phi) is 5.50. The fourth-order valence-corrected chi connectivity index (χ4v) is 2.54. The molecule has 0 fully saturated rings. The third-order valence-electron chi connectivity index (χ3n) is 4.01. The van der Waals surface area contributed by atoms with Crippen molar-refractivity contribution in [1.29, 1.82) is 0 Å². The van der Waals surface area contributed by atoms with Crippen LogP contribution >= 0.6 is 0 Å². The minimum absolute atomic E-state index is 0.0805.